The van der Waals surface area contributed by atoms with Crippen LogP contribution in [0, 0.1) is 11.6 Å². The summed E-state index contributed by atoms with van der Waals surface area (Å²) in [6.45, 7) is 2.18. The lowest BCUT2D eigenvalue weighted by Gasteiger charge is -2.26. The SMILES string of the molecule is CCN(c1ccccc1F)c1cccc(F)c1C(N)=NO. The molecule has 0 aliphatic carbocycles. The van der Waals surface area contributed by atoms with Crippen molar-refractivity contribution in [2.75, 3.05) is 11.4 Å². The van der Waals surface area contributed by atoms with E-state index >= 15 is 0 Å². The van der Waals surface area contributed by atoms with Crippen LogP contribution < -0.4 is 10.6 Å². The summed E-state index contributed by atoms with van der Waals surface area (Å²) in [6.07, 6.45) is 0. The van der Waals surface area contributed by atoms with Crippen LogP contribution in [0.3, 0.4) is 0 Å². The summed E-state index contributed by atoms with van der Waals surface area (Å²) in [5.74, 6) is -1.44. The third-order valence-electron chi connectivity index (χ3n) is 3.11. The van der Waals surface area contributed by atoms with Crippen LogP contribution in [0.15, 0.2) is 47.6 Å². The molecule has 21 heavy (non-hydrogen) atoms. The van der Waals surface area contributed by atoms with Crippen LogP contribution in [-0.2, 0) is 0 Å². The van der Waals surface area contributed by atoms with Crippen molar-refractivity contribution in [2.45, 2.75) is 6.92 Å². The number of para-hydroxylation sites is 1. The Morgan fingerprint density at radius 1 is 1.10 bits per heavy atom. The molecule has 0 fully saturated rings. The molecule has 0 aliphatic heterocycles. The van der Waals surface area contributed by atoms with E-state index in [0.29, 0.717) is 12.2 Å². The quantitative estimate of drug-likeness (QED) is 0.393. The lowest BCUT2D eigenvalue weighted by atomic mass is 10.1. The van der Waals surface area contributed by atoms with E-state index in [1.165, 1.54) is 18.2 Å². The van der Waals surface area contributed by atoms with Crippen molar-refractivity contribution in [2.24, 2.45) is 10.9 Å². The largest absolute Gasteiger partial charge is 0.409 e. The normalized spacial score (nSPS) is 11.5. The molecule has 6 heteroatoms. The summed E-state index contributed by atoms with van der Waals surface area (Å²) in [5.41, 5.74) is 6.10. The summed E-state index contributed by atoms with van der Waals surface area (Å²) < 4.78 is 28.0. The van der Waals surface area contributed by atoms with E-state index in [1.807, 2.05) is 0 Å². The zero-order chi connectivity index (χ0) is 15.4. The maximum absolute atomic E-state index is 14.0. The van der Waals surface area contributed by atoms with Crippen LogP contribution >= 0.6 is 0 Å². The second kappa shape index (κ2) is 6.21. The molecule has 2 aromatic carbocycles. The monoisotopic (exact) mass is 291 g/mol. The summed E-state index contributed by atoms with van der Waals surface area (Å²) in [5, 5.41) is 11.7. The predicted molar refractivity (Wildman–Crippen MR) is 78.0 cm³/mol. The maximum atomic E-state index is 14.0. The first-order valence-corrected chi connectivity index (χ1v) is 6.38. The summed E-state index contributed by atoms with van der Waals surface area (Å²) >= 11 is 0. The van der Waals surface area contributed by atoms with Gasteiger partial charge in [0.25, 0.3) is 0 Å². The van der Waals surface area contributed by atoms with Crippen molar-refractivity contribution in [3.05, 3.63) is 59.7 Å². The van der Waals surface area contributed by atoms with E-state index in [9.17, 15) is 8.78 Å². The number of rotatable bonds is 4. The van der Waals surface area contributed by atoms with Gasteiger partial charge in [0.2, 0.25) is 0 Å². The van der Waals surface area contributed by atoms with Crippen LogP contribution in [0.25, 0.3) is 0 Å². The standard InChI is InChI=1S/C15H15F2N3O/c1-2-20(12-8-4-3-6-10(12)16)13-9-5-7-11(17)14(13)15(18)19-21/h3-9,21H,2H2,1H3,(H2,18,19). The van der Waals surface area contributed by atoms with E-state index in [0.717, 1.165) is 0 Å². The second-order valence-electron chi connectivity index (χ2n) is 4.31. The van der Waals surface area contributed by atoms with Gasteiger partial charge in [-0.2, -0.15) is 0 Å². The number of hydrogen-bond donors (Lipinski definition) is 2. The molecule has 2 aromatic rings. The van der Waals surface area contributed by atoms with Gasteiger partial charge < -0.3 is 15.8 Å². The zero-order valence-electron chi connectivity index (χ0n) is 11.4. The van der Waals surface area contributed by atoms with Gasteiger partial charge in [0, 0.05) is 6.54 Å². The fourth-order valence-corrected chi connectivity index (χ4v) is 2.18. The first-order valence-electron chi connectivity index (χ1n) is 6.38. The van der Waals surface area contributed by atoms with E-state index in [2.05, 4.69) is 5.16 Å². The van der Waals surface area contributed by atoms with E-state index in [-0.39, 0.29) is 17.1 Å². The Hall–Kier alpha value is -2.63. The first-order chi connectivity index (χ1) is 10.1. The molecule has 0 bridgehead atoms. The molecule has 0 unspecified atom stereocenters. The van der Waals surface area contributed by atoms with Crippen LogP contribution in [0.1, 0.15) is 12.5 Å². The lowest BCUT2D eigenvalue weighted by molar-refractivity contribution is 0.318. The molecule has 0 aliphatic rings. The summed E-state index contributed by atoms with van der Waals surface area (Å²) in [4.78, 5) is 1.56. The predicted octanol–water partition coefficient (Wildman–Crippen LogP) is 3.22. The molecule has 4 nitrogen and oxygen atoms in total. The van der Waals surface area contributed by atoms with Gasteiger partial charge in [-0.15, -0.1) is 0 Å². The molecule has 0 heterocycles. The Balaban J connectivity index is 2.64. The van der Waals surface area contributed by atoms with Crippen molar-refractivity contribution in [3.8, 4) is 0 Å². The highest BCUT2D eigenvalue weighted by atomic mass is 19.1. The minimum Gasteiger partial charge on any atom is -0.409 e. The summed E-state index contributed by atoms with van der Waals surface area (Å²) in [6, 6.07) is 10.4. The Morgan fingerprint density at radius 3 is 2.33 bits per heavy atom. The molecular weight excluding hydrogens is 276 g/mol. The van der Waals surface area contributed by atoms with Gasteiger partial charge in [0.05, 0.1) is 16.9 Å². The topological polar surface area (TPSA) is 61.8 Å². The molecule has 0 aromatic heterocycles. The molecule has 0 spiro atoms. The van der Waals surface area contributed by atoms with Gasteiger partial charge in [-0.05, 0) is 31.2 Å². The number of amidine groups is 1. The Bertz CT molecular complexity index is 674. The van der Waals surface area contributed by atoms with Crippen molar-refractivity contribution >= 4 is 17.2 Å². The van der Waals surface area contributed by atoms with Crippen LogP contribution in [0.2, 0.25) is 0 Å². The van der Waals surface area contributed by atoms with Crippen molar-refractivity contribution < 1.29 is 14.0 Å². The fraction of sp³-hybridized carbons (Fsp3) is 0.133. The van der Waals surface area contributed by atoms with Gasteiger partial charge in [0.15, 0.2) is 5.84 Å². The van der Waals surface area contributed by atoms with Crippen LogP contribution in [0.5, 0.6) is 0 Å². The van der Waals surface area contributed by atoms with Gasteiger partial charge in [-0.25, -0.2) is 8.78 Å². The molecule has 2 rings (SSSR count). The van der Waals surface area contributed by atoms with Crippen molar-refractivity contribution in [3.63, 3.8) is 0 Å². The van der Waals surface area contributed by atoms with Crippen molar-refractivity contribution in [1.82, 2.24) is 0 Å². The van der Waals surface area contributed by atoms with Gasteiger partial charge in [-0.1, -0.05) is 23.4 Å². The number of nitrogens with two attached hydrogens (primary N) is 1. The minimum atomic E-state index is -0.641. The van der Waals surface area contributed by atoms with E-state index in [4.69, 9.17) is 10.9 Å². The molecule has 3 N–H and O–H groups in total. The molecule has 110 valence electrons. The van der Waals surface area contributed by atoms with E-state index in [1.54, 1.807) is 36.1 Å². The molecule has 0 amide bonds. The summed E-state index contributed by atoms with van der Waals surface area (Å²) in [7, 11) is 0. The molecule has 0 saturated carbocycles. The first kappa shape index (κ1) is 14.8. The second-order valence-corrected chi connectivity index (χ2v) is 4.31. The third kappa shape index (κ3) is 2.79. The number of anilines is 2. The number of benzene rings is 2. The third-order valence-corrected chi connectivity index (χ3v) is 3.11. The molecule has 0 radical (unpaired) electrons. The number of hydrogen-bond acceptors (Lipinski definition) is 3. The fourth-order valence-electron chi connectivity index (χ4n) is 2.18. The smallest absolute Gasteiger partial charge is 0.175 e. The average molecular weight is 291 g/mol. The Labute approximate surface area is 121 Å². The number of nitrogens with zero attached hydrogens (tertiary/aromatic N) is 2. The lowest BCUT2D eigenvalue weighted by Crippen LogP contribution is -2.24. The van der Waals surface area contributed by atoms with Gasteiger partial charge >= 0.3 is 0 Å². The Morgan fingerprint density at radius 2 is 1.71 bits per heavy atom. The molecular formula is C15H15F2N3O. The Kier molecular flexibility index (Phi) is 4.37. The zero-order valence-corrected chi connectivity index (χ0v) is 11.4. The highest BCUT2D eigenvalue weighted by Gasteiger charge is 2.20. The highest BCUT2D eigenvalue weighted by Crippen LogP contribution is 2.31. The highest BCUT2D eigenvalue weighted by molar-refractivity contribution is 6.03. The van der Waals surface area contributed by atoms with Crippen LogP contribution in [0.4, 0.5) is 20.2 Å². The van der Waals surface area contributed by atoms with Gasteiger partial charge in [-0.3, -0.25) is 0 Å². The van der Waals surface area contributed by atoms with Crippen LogP contribution in [-0.4, -0.2) is 17.6 Å². The molecule has 0 atom stereocenters. The maximum Gasteiger partial charge on any atom is 0.175 e. The molecule has 0 saturated heterocycles. The van der Waals surface area contributed by atoms with Crippen molar-refractivity contribution in [1.29, 1.82) is 0 Å². The minimum absolute atomic E-state index is 0.0647. The van der Waals surface area contributed by atoms with Gasteiger partial charge in [0.1, 0.15) is 11.6 Å². The average Bonchev–Trinajstić information content (AvgIpc) is 2.49. The number of halogens is 2. The number of oxime groups is 1. The van der Waals surface area contributed by atoms with E-state index < -0.39 is 11.6 Å².